The zero-order valence-electron chi connectivity index (χ0n) is 8.47. The lowest BCUT2D eigenvalue weighted by molar-refractivity contribution is -0.107. The highest BCUT2D eigenvalue weighted by Crippen LogP contribution is 2.16. The van der Waals surface area contributed by atoms with E-state index in [9.17, 15) is 4.79 Å². The van der Waals surface area contributed by atoms with Crippen molar-refractivity contribution in [3.8, 4) is 0 Å². The van der Waals surface area contributed by atoms with Gasteiger partial charge >= 0.3 is 0 Å². The van der Waals surface area contributed by atoms with Gasteiger partial charge in [0.25, 0.3) is 0 Å². The Morgan fingerprint density at radius 3 is 2.33 bits per heavy atom. The first-order valence-corrected chi connectivity index (χ1v) is 4.86. The van der Waals surface area contributed by atoms with Crippen LogP contribution in [-0.4, -0.2) is 19.4 Å². The molecule has 0 aromatic heterocycles. The molecule has 0 amide bonds. The van der Waals surface area contributed by atoms with Crippen LogP contribution in [-0.2, 0) is 4.79 Å². The molecule has 1 heterocycles. The van der Waals surface area contributed by atoms with Crippen molar-refractivity contribution in [3.63, 3.8) is 0 Å². The van der Waals surface area contributed by atoms with E-state index >= 15 is 0 Å². The number of hydrogen-bond acceptors (Lipinski definition) is 2. The van der Waals surface area contributed by atoms with Crippen molar-refractivity contribution in [1.82, 2.24) is 5.32 Å². The normalized spacial score (nSPS) is 21.8. The van der Waals surface area contributed by atoms with Crippen LogP contribution in [0.15, 0.2) is 0 Å². The van der Waals surface area contributed by atoms with E-state index in [4.69, 9.17) is 0 Å². The van der Waals surface area contributed by atoms with Crippen LogP contribution in [0.1, 0.15) is 33.6 Å². The summed E-state index contributed by atoms with van der Waals surface area (Å²) in [6.45, 7) is 8.91. The third kappa shape index (κ3) is 5.30. The molecule has 1 fully saturated rings. The van der Waals surface area contributed by atoms with E-state index in [1.807, 2.05) is 6.92 Å². The first-order valence-electron chi connectivity index (χ1n) is 4.86. The molecule has 0 radical (unpaired) electrons. The predicted molar refractivity (Wildman–Crippen MR) is 52.2 cm³/mol. The van der Waals surface area contributed by atoms with Gasteiger partial charge in [0.05, 0.1) is 0 Å². The van der Waals surface area contributed by atoms with Crippen LogP contribution in [0.5, 0.6) is 0 Å². The van der Waals surface area contributed by atoms with Crippen molar-refractivity contribution in [3.05, 3.63) is 0 Å². The van der Waals surface area contributed by atoms with Gasteiger partial charge in [-0.05, 0) is 31.3 Å². The number of carbonyl (C=O) groups excluding carboxylic acids is 1. The smallest absolute Gasteiger partial charge is 0.119 e. The first kappa shape index (κ1) is 11.6. The van der Waals surface area contributed by atoms with Gasteiger partial charge in [0.2, 0.25) is 0 Å². The summed E-state index contributed by atoms with van der Waals surface area (Å²) >= 11 is 0. The highest BCUT2D eigenvalue weighted by molar-refractivity contribution is 5.48. The van der Waals surface area contributed by atoms with Crippen LogP contribution in [0.3, 0.4) is 0 Å². The summed E-state index contributed by atoms with van der Waals surface area (Å²) in [5.74, 6) is 1.83. The molecule has 0 aromatic carbocycles. The van der Waals surface area contributed by atoms with Gasteiger partial charge in [0.15, 0.2) is 0 Å². The molecule has 1 saturated heterocycles. The van der Waals surface area contributed by atoms with E-state index in [-0.39, 0.29) is 0 Å². The topological polar surface area (TPSA) is 29.1 Å². The van der Waals surface area contributed by atoms with Gasteiger partial charge in [-0.3, -0.25) is 0 Å². The molecule has 0 aromatic rings. The molecule has 1 rings (SSSR count). The van der Waals surface area contributed by atoms with Gasteiger partial charge in [-0.15, -0.1) is 0 Å². The van der Waals surface area contributed by atoms with E-state index in [2.05, 4.69) is 19.2 Å². The molecule has 0 spiro atoms. The maximum absolute atomic E-state index is 9.17. The van der Waals surface area contributed by atoms with Gasteiger partial charge in [0.1, 0.15) is 6.29 Å². The Morgan fingerprint density at radius 2 is 2.17 bits per heavy atom. The molecule has 0 aliphatic carbocycles. The SMILES string of the molecule is CC(C)C1CCNC1.CCC=O. The number of rotatable bonds is 2. The van der Waals surface area contributed by atoms with Crippen LogP contribution >= 0.6 is 0 Å². The summed E-state index contributed by atoms with van der Waals surface area (Å²) in [6, 6.07) is 0. The van der Waals surface area contributed by atoms with E-state index in [1.165, 1.54) is 19.5 Å². The number of nitrogens with one attached hydrogen (secondary N) is 1. The lowest BCUT2D eigenvalue weighted by atomic mass is 9.96. The quantitative estimate of drug-likeness (QED) is 0.642. The molecule has 1 aliphatic heterocycles. The molecule has 0 bridgehead atoms. The molecular formula is C10H21NO. The van der Waals surface area contributed by atoms with Crippen LogP contribution in [0.2, 0.25) is 0 Å². The zero-order valence-corrected chi connectivity index (χ0v) is 8.47. The maximum atomic E-state index is 9.17. The second kappa shape index (κ2) is 7.29. The summed E-state index contributed by atoms with van der Waals surface area (Å²) in [4.78, 5) is 9.17. The summed E-state index contributed by atoms with van der Waals surface area (Å²) in [5.41, 5.74) is 0. The highest BCUT2D eigenvalue weighted by atomic mass is 16.1. The Morgan fingerprint density at radius 1 is 1.58 bits per heavy atom. The van der Waals surface area contributed by atoms with Crippen molar-refractivity contribution >= 4 is 6.29 Å². The minimum atomic E-state index is 0.639. The second-order valence-electron chi connectivity index (χ2n) is 3.57. The summed E-state index contributed by atoms with van der Waals surface area (Å²) in [7, 11) is 0. The lowest BCUT2D eigenvalue weighted by Crippen LogP contribution is -2.12. The van der Waals surface area contributed by atoms with Crippen molar-refractivity contribution in [1.29, 1.82) is 0 Å². The van der Waals surface area contributed by atoms with E-state index in [0.717, 1.165) is 18.1 Å². The second-order valence-corrected chi connectivity index (χ2v) is 3.57. The molecule has 1 atom stereocenters. The highest BCUT2D eigenvalue weighted by Gasteiger charge is 2.16. The van der Waals surface area contributed by atoms with Crippen LogP contribution in [0.4, 0.5) is 0 Å². The Labute approximate surface area is 75.7 Å². The van der Waals surface area contributed by atoms with Crippen molar-refractivity contribution in [2.45, 2.75) is 33.6 Å². The van der Waals surface area contributed by atoms with E-state index in [1.54, 1.807) is 0 Å². The fraction of sp³-hybridized carbons (Fsp3) is 0.900. The predicted octanol–water partition coefficient (Wildman–Crippen LogP) is 1.85. The van der Waals surface area contributed by atoms with Gasteiger partial charge in [0, 0.05) is 6.42 Å². The molecule has 0 saturated carbocycles. The average molecular weight is 171 g/mol. The largest absolute Gasteiger partial charge is 0.316 e. The van der Waals surface area contributed by atoms with E-state index in [0.29, 0.717) is 6.42 Å². The Balaban J connectivity index is 0.000000261. The molecule has 2 heteroatoms. The average Bonchev–Trinajstić information content (AvgIpc) is 2.57. The third-order valence-corrected chi connectivity index (χ3v) is 2.21. The Bertz CT molecular complexity index is 106. The molecule has 1 unspecified atom stereocenters. The molecule has 1 aliphatic rings. The molecular weight excluding hydrogens is 150 g/mol. The zero-order chi connectivity index (χ0) is 9.40. The Kier molecular flexibility index (Phi) is 7.06. The minimum absolute atomic E-state index is 0.639. The first-order chi connectivity index (χ1) is 5.72. The standard InChI is InChI=1S/C7H15N.C3H6O/c1-6(2)7-3-4-8-5-7;1-2-3-4/h6-8H,3-5H2,1-2H3;3H,2H2,1H3. The van der Waals surface area contributed by atoms with Crippen LogP contribution < -0.4 is 5.32 Å². The van der Waals surface area contributed by atoms with Gasteiger partial charge < -0.3 is 10.1 Å². The Hall–Kier alpha value is -0.370. The van der Waals surface area contributed by atoms with Crippen LogP contribution in [0.25, 0.3) is 0 Å². The monoisotopic (exact) mass is 171 g/mol. The van der Waals surface area contributed by atoms with E-state index < -0.39 is 0 Å². The van der Waals surface area contributed by atoms with Gasteiger partial charge in [-0.25, -0.2) is 0 Å². The molecule has 1 N–H and O–H groups in total. The lowest BCUT2D eigenvalue weighted by Gasteiger charge is -2.10. The summed E-state index contributed by atoms with van der Waals surface area (Å²) in [6.07, 6.45) is 2.90. The number of hydrogen-bond donors (Lipinski definition) is 1. The van der Waals surface area contributed by atoms with Crippen molar-refractivity contribution < 1.29 is 4.79 Å². The number of carbonyl (C=O) groups is 1. The minimum Gasteiger partial charge on any atom is -0.316 e. The molecule has 2 nitrogen and oxygen atoms in total. The van der Waals surface area contributed by atoms with Gasteiger partial charge in [-0.2, -0.15) is 0 Å². The third-order valence-electron chi connectivity index (χ3n) is 2.21. The van der Waals surface area contributed by atoms with Crippen molar-refractivity contribution in [2.24, 2.45) is 11.8 Å². The van der Waals surface area contributed by atoms with Crippen molar-refractivity contribution in [2.75, 3.05) is 13.1 Å². The molecule has 72 valence electrons. The fourth-order valence-corrected chi connectivity index (χ4v) is 1.25. The number of aldehydes is 1. The maximum Gasteiger partial charge on any atom is 0.119 e. The summed E-state index contributed by atoms with van der Waals surface area (Å²) in [5, 5.41) is 3.35. The summed E-state index contributed by atoms with van der Waals surface area (Å²) < 4.78 is 0. The molecule has 12 heavy (non-hydrogen) atoms. The van der Waals surface area contributed by atoms with Gasteiger partial charge in [-0.1, -0.05) is 20.8 Å². The fourth-order valence-electron chi connectivity index (χ4n) is 1.25. The van der Waals surface area contributed by atoms with Crippen LogP contribution in [0, 0.1) is 11.8 Å².